The molecule has 1 aromatic rings. The van der Waals surface area contributed by atoms with Crippen molar-refractivity contribution in [2.75, 3.05) is 12.3 Å². The molecule has 0 aliphatic rings. The van der Waals surface area contributed by atoms with E-state index < -0.39 is 18.1 Å². The molecule has 0 unspecified atom stereocenters. The molecule has 1 heterocycles. The molecule has 2 N–H and O–H groups in total. The van der Waals surface area contributed by atoms with Crippen LogP contribution in [0.15, 0.2) is 12.1 Å². The van der Waals surface area contributed by atoms with Crippen molar-refractivity contribution < 1.29 is 18.3 Å². The lowest BCUT2D eigenvalue weighted by Gasteiger charge is -2.06. The van der Waals surface area contributed by atoms with Gasteiger partial charge in [-0.15, -0.1) is 0 Å². The number of alkyl halides is 2. The molecule has 0 bridgehead atoms. The number of nitrogen functional groups attached to an aromatic ring is 1. The molecular formula is C9H10F2N2O2. The third-order valence-electron chi connectivity index (χ3n) is 1.65. The highest BCUT2D eigenvalue weighted by Gasteiger charge is 2.17. The fraction of sp³-hybridized carbons (Fsp3) is 0.333. The molecule has 0 saturated heterocycles. The average Bonchev–Trinajstić information content (AvgIpc) is 2.18. The molecule has 0 amide bonds. The lowest BCUT2D eigenvalue weighted by atomic mass is 10.2. The normalized spacial score (nSPS) is 10.4. The van der Waals surface area contributed by atoms with Crippen molar-refractivity contribution >= 4 is 11.7 Å². The van der Waals surface area contributed by atoms with Crippen LogP contribution in [-0.4, -0.2) is 17.6 Å². The van der Waals surface area contributed by atoms with E-state index >= 15 is 0 Å². The number of esters is 1. The molecule has 6 heteroatoms. The van der Waals surface area contributed by atoms with Gasteiger partial charge in [0.05, 0.1) is 12.3 Å². The van der Waals surface area contributed by atoms with E-state index in [9.17, 15) is 13.6 Å². The van der Waals surface area contributed by atoms with E-state index in [0.29, 0.717) is 0 Å². The van der Waals surface area contributed by atoms with E-state index in [1.165, 1.54) is 12.1 Å². The van der Waals surface area contributed by atoms with E-state index in [1.54, 1.807) is 6.92 Å². The number of carbonyl (C=O) groups excluding carboxylic acids is 1. The first kappa shape index (κ1) is 11.4. The van der Waals surface area contributed by atoms with Crippen molar-refractivity contribution in [3.05, 3.63) is 23.5 Å². The minimum atomic E-state index is -2.81. The molecule has 0 saturated carbocycles. The number of halogens is 2. The van der Waals surface area contributed by atoms with Gasteiger partial charge in [-0.3, -0.25) is 0 Å². The molecule has 0 radical (unpaired) electrons. The van der Waals surface area contributed by atoms with Gasteiger partial charge in [-0.2, -0.15) is 0 Å². The number of hydrogen-bond donors (Lipinski definition) is 1. The first-order valence-electron chi connectivity index (χ1n) is 4.28. The minimum Gasteiger partial charge on any atom is -0.461 e. The second kappa shape index (κ2) is 4.68. The molecule has 0 aliphatic heterocycles. The summed E-state index contributed by atoms with van der Waals surface area (Å²) in [6, 6.07) is 2.46. The number of aromatic nitrogens is 1. The van der Waals surface area contributed by atoms with Gasteiger partial charge >= 0.3 is 5.97 Å². The summed E-state index contributed by atoms with van der Waals surface area (Å²) in [5.41, 5.74) is 4.37. The predicted octanol–water partition coefficient (Wildman–Crippen LogP) is 1.78. The summed E-state index contributed by atoms with van der Waals surface area (Å²) in [4.78, 5) is 14.6. The Bertz CT molecular complexity index is 369. The lowest BCUT2D eigenvalue weighted by Crippen LogP contribution is -2.10. The Labute approximate surface area is 85.1 Å². The standard InChI is InChI=1S/C9H10F2N2O2/c1-2-15-9(14)6-4-3-5(12)7(13-6)8(10)11/h3-4,8H,2,12H2,1H3. The zero-order valence-electron chi connectivity index (χ0n) is 8.04. The number of anilines is 1. The third-order valence-corrected chi connectivity index (χ3v) is 1.65. The van der Waals surface area contributed by atoms with Crippen LogP contribution in [0.25, 0.3) is 0 Å². The molecule has 1 aromatic heterocycles. The smallest absolute Gasteiger partial charge is 0.356 e. The SMILES string of the molecule is CCOC(=O)c1ccc(N)c(C(F)F)n1. The van der Waals surface area contributed by atoms with Gasteiger partial charge in [-0.05, 0) is 19.1 Å². The Kier molecular flexibility index (Phi) is 3.54. The lowest BCUT2D eigenvalue weighted by molar-refractivity contribution is 0.0518. The number of pyridine rings is 1. The number of carbonyl (C=O) groups is 1. The van der Waals surface area contributed by atoms with E-state index in [-0.39, 0.29) is 18.0 Å². The first-order chi connectivity index (χ1) is 7.06. The second-order valence-corrected chi connectivity index (χ2v) is 2.69. The van der Waals surface area contributed by atoms with Gasteiger partial charge in [0.2, 0.25) is 0 Å². The van der Waals surface area contributed by atoms with Crippen LogP contribution >= 0.6 is 0 Å². The maximum atomic E-state index is 12.4. The molecule has 0 spiro atoms. The van der Waals surface area contributed by atoms with Crippen LogP contribution in [0.5, 0.6) is 0 Å². The van der Waals surface area contributed by atoms with Crippen LogP contribution in [0.1, 0.15) is 29.5 Å². The topological polar surface area (TPSA) is 65.2 Å². The molecule has 0 atom stereocenters. The van der Waals surface area contributed by atoms with Crippen molar-refractivity contribution in [2.24, 2.45) is 0 Å². The number of hydrogen-bond acceptors (Lipinski definition) is 4. The fourth-order valence-corrected chi connectivity index (χ4v) is 0.979. The Hall–Kier alpha value is -1.72. The molecule has 4 nitrogen and oxygen atoms in total. The summed E-state index contributed by atoms with van der Waals surface area (Å²) in [5, 5.41) is 0. The summed E-state index contributed by atoms with van der Waals surface area (Å²) < 4.78 is 29.3. The van der Waals surface area contributed by atoms with Crippen molar-refractivity contribution in [1.29, 1.82) is 0 Å². The van der Waals surface area contributed by atoms with Crippen molar-refractivity contribution in [3.63, 3.8) is 0 Å². The van der Waals surface area contributed by atoms with Gasteiger partial charge in [-0.1, -0.05) is 0 Å². The molecule has 82 valence electrons. The predicted molar refractivity (Wildman–Crippen MR) is 49.6 cm³/mol. The first-order valence-corrected chi connectivity index (χ1v) is 4.28. The van der Waals surface area contributed by atoms with Gasteiger partial charge in [0.15, 0.2) is 0 Å². The van der Waals surface area contributed by atoms with E-state index in [2.05, 4.69) is 9.72 Å². The number of rotatable bonds is 3. The Morgan fingerprint density at radius 1 is 1.60 bits per heavy atom. The molecule has 1 rings (SSSR count). The Morgan fingerprint density at radius 2 is 2.27 bits per heavy atom. The summed E-state index contributed by atoms with van der Waals surface area (Å²) in [5.74, 6) is -0.737. The van der Waals surface area contributed by atoms with Crippen LogP contribution < -0.4 is 5.73 Å². The molecule has 15 heavy (non-hydrogen) atoms. The van der Waals surface area contributed by atoms with Crippen LogP contribution in [0.4, 0.5) is 14.5 Å². The van der Waals surface area contributed by atoms with E-state index in [1.807, 2.05) is 0 Å². The minimum absolute atomic E-state index is 0.141. The maximum Gasteiger partial charge on any atom is 0.356 e. The monoisotopic (exact) mass is 216 g/mol. The van der Waals surface area contributed by atoms with Gasteiger partial charge in [0.25, 0.3) is 6.43 Å². The van der Waals surface area contributed by atoms with Crippen LogP contribution in [0, 0.1) is 0 Å². The van der Waals surface area contributed by atoms with Gasteiger partial charge in [0, 0.05) is 0 Å². The molecule has 0 aromatic carbocycles. The zero-order chi connectivity index (χ0) is 11.4. The summed E-state index contributed by atoms with van der Waals surface area (Å²) in [6.45, 7) is 1.78. The summed E-state index contributed by atoms with van der Waals surface area (Å²) in [7, 11) is 0. The van der Waals surface area contributed by atoms with E-state index in [4.69, 9.17) is 5.73 Å². The van der Waals surface area contributed by atoms with Crippen molar-refractivity contribution in [3.8, 4) is 0 Å². The summed E-state index contributed by atoms with van der Waals surface area (Å²) in [6.07, 6.45) is -2.81. The third kappa shape index (κ3) is 2.61. The maximum absolute atomic E-state index is 12.4. The number of nitrogens with two attached hydrogens (primary N) is 1. The quantitative estimate of drug-likeness (QED) is 0.782. The second-order valence-electron chi connectivity index (χ2n) is 2.69. The average molecular weight is 216 g/mol. The fourth-order valence-electron chi connectivity index (χ4n) is 0.979. The van der Waals surface area contributed by atoms with Crippen LogP contribution in [0.3, 0.4) is 0 Å². The van der Waals surface area contributed by atoms with Gasteiger partial charge < -0.3 is 10.5 Å². The highest BCUT2D eigenvalue weighted by atomic mass is 19.3. The van der Waals surface area contributed by atoms with Crippen molar-refractivity contribution in [2.45, 2.75) is 13.3 Å². The largest absolute Gasteiger partial charge is 0.461 e. The Balaban J connectivity index is 3.02. The summed E-state index contributed by atoms with van der Waals surface area (Å²) >= 11 is 0. The van der Waals surface area contributed by atoms with Crippen molar-refractivity contribution in [1.82, 2.24) is 4.98 Å². The van der Waals surface area contributed by atoms with E-state index in [0.717, 1.165) is 0 Å². The molecule has 0 aliphatic carbocycles. The Morgan fingerprint density at radius 3 is 2.80 bits per heavy atom. The van der Waals surface area contributed by atoms with Gasteiger partial charge in [-0.25, -0.2) is 18.6 Å². The zero-order valence-corrected chi connectivity index (χ0v) is 8.04. The number of nitrogens with zero attached hydrogens (tertiary/aromatic N) is 1. The van der Waals surface area contributed by atoms with Gasteiger partial charge in [0.1, 0.15) is 11.4 Å². The highest BCUT2D eigenvalue weighted by molar-refractivity contribution is 5.87. The van der Waals surface area contributed by atoms with Crippen LogP contribution in [0.2, 0.25) is 0 Å². The van der Waals surface area contributed by atoms with Crippen LogP contribution in [-0.2, 0) is 4.74 Å². The number of ether oxygens (including phenoxy) is 1. The highest BCUT2D eigenvalue weighted by Crippen LogP contribution is 2.22. The molecular weight excluding hydrogens is 206 g/mol. The molecule has 0 fully saturated rings.